The van der Waals surface area contributed by atoms with Gasteiger partial charge in [-0.3, -0.25) is 4.90 Å². The molecule has 3 atom stereocenters. The monoisotopic (exact) mass is 269 g/mol. The van der Waals surface area contributed by atoms with Crippen LogP contribution in [0.25, 0.3) is 0 Å². The Labute approximate surface area is 114 Å². The minimum Gasteiger partial charge on any atom is -0.444 e. The molecule has 0 saturated carbocycles. The third-order valence-corrected chi connectivity index (χ3v) is 2.92. The number of aliphatic hydroxyl groups excluding tert-OH is 1. The van der Waals surface area contributed by atoms with Gasteiger partial charge in [0.2, 0.25) is 0 Å². The molecule has 1 rings (SSSR count). The van der Waals surface area contributed by atoms with Crippen LogP contribution in [0.4, 0.5) is 4.79 Å². The number of ether oxygens (including phenoxy) is 2. The molecular weight excluding hydrogens is 246 g/mol. The van der Waals surface area contributed by atoms with E-state index < -0.39 is 29.6 Å². The van der Waals surface area contributed by atoms with E-state index in [0.29, 0.717) is 0 Å². The maximum Gasteiger partial charge on any atom is 0.413 e. The van der Waals surface area contributed by atoms with Gasteiger partial charge in [-0.25, -0.2) is 4.79 Å². The lowest BCUT2D eigenvalue weighted by Crippen LogP contribution is -2.53. The summed E-state index contributed by atoms with van der Waals surface area (Å²) in [4.78, 5) is 13.7. The average molecular weight is 269 g/mol. The van der Waals surface area contributed by atoms with Crippen LogP contribution < -0.4 is 0 Å². The van der Waals surface area contributed by atoms with Gasteiger partial charge >= 0.3 is 6.09 Å². The maximum absolute atomic E-state index is 12.3. The predicted molar refractivity (Wildman–Crippen MR) is 71.3 cm³/mol. The molecular formula is C14H23NO4. The summed E-state index contributed by atoms with van der Waals surface area (Å²) in [5, 5.41) is 9.91. The van der Waals surface area contributed by atoms with Crippen molar-refractivity contribution in [3.63, 3.8) is 0 Å². The summed E-state index contributed by atoms with van der Waals surface area (Å²) < 4.78 is 11.1. The minimum atomic E-state index is -1.09. The molecule has 1 fully saturated rings. The Kier molecular flexibility index (Phi) is 4.18. The Bertz CT molecular complexity index is 391. The minimum absolute atomic E-state index is 0.367. The molecule has 1 aliphatic rings. The van der Waals surface area contributed by atoms with Crippen molar-refractivity contribution >= 4 is 6.09 Å². The molecule has 0 spiro atoms. The molecule has 0 unspecified atom stereocenters. The number of hydrogen-bond acceptors (Lipinski definition) is 4. The van der Waals surface area contributed by atoms with Crippen LogP contribution in [-0.4, -0.2) is 45.7 Å². The van der Waals surface area contributed by atoms with Crippen molar-refractivity contribution in [1.82, 2.24) is 4.90 Å². The van der Waals surface area contributed by atoms with Gasteiger partial charge in [0.05, 0.1) is 6.10 Å². The zero-order chi connectivity index (χ0) is 15.0. The summed E-state index contributed by atoms with van der Waals surface area (Å²) in [6, 6.07) is -0.616. The molecule has 0 aromatic heterocycles. The fraction of sp³-hybridized carbons (Fsp3) is 0.786. The summed E-state index contributed by atoms with van der Waals surface area (Å²) in [7, 11) is 0. The summed E-state index contributed by atoms with van der Waals surface area (Å²) in [6.07, 6.45) is 3.26. The van der Waals surface area contributed by atoms with Crippen LogP contribution in [-0.2, 0) is 9.47 Å². The Morgan fingerprint density at radius 3 is 2.47 bits per heavy atom. The number of nitrogens with zero attached hydrogens (tertiary/aromatic N) is 1. The van der Waals surface area contributed by atoms with Crippen LogP contribution in [0.1, 0.15) is 41.5 Å². The van der Waals surface area contributed by atoms with Gasteiger partial charge in [-0.15, -0.1) is 6.42 Å². The zero-order valence-electron chi connectivity index (χ0n) is 12.4. The van der Waals surface area contributed by atoms with Gasteiger partial charge in [0.15, 0.2) is 0 Å². The van der Waals surface area contributed by atoms with E-state index in [-0.39, 0.29) is 6.10 Å². The largest absolute Gasteiger partial charge is 0.444 e. The quantitative estimate of drug-likeness (QED) is 0.737. The van der Waals surface area contributed by atoms with Gasteiger partial charge < -0.3 is 14.6 Å². The average Bonchev–Trinajstić information content (AvgIpc) is 2.44. The second kappa shape index (κ2) is 5.03. The molecule has 5 nitrogen and oxygen atoms in total. The van der Waals surface area contributed by atoms with Crippen molar-refractivity contribution in [2.75, 3.05) is 0 Å². The molecule has 0 radical (unpaired) electrons. The highest BCUT2D eigenvalue weighted by Crippen LogP contribution is 2.34. The normalized spacial score (nSPS) is 27.8. The number of terminal acetylenes is 1. The maximum atomic E-state index is 12.3. The molecule has 1 amide bonds. The second-order valence-corrected chi connectivity index (χ2v) is 6.22. The van der Waals surface area contributed by atoms with Crippen LogP contribution in [0.3, 0.4) is 0 Å². The van der Waals surface area contributed by atoms with Gasteiger partial charge in [-0.05, 0) is 41.5 Å². The number of amides is 1. The van der Waals surface area contributed by atoms with E-state index in [1.165, 1.54) is 4.90 Å². The lowest BCUT2D eigenvalue weighted by molar-refractivity contribution is -0.0767. The lowest BCUT2D eigenvalue weighted by Gasteiger charge is -2.35. The summed E-state index contributed by atoms with van der Waals surface area (Å²) in [6.45, 7) is 10.6. The Morgan fingerprint density at radius 2 is 2.05 bits per heavy atom. The summed E-state index contributed by atoms with van der Waals surface area (Å²) >= 11 is 0. The van der Waals surface area contributed by atoms with E-state index in [0.717, 1.165) is 0 Å². The van der Waals surface area contributed by atoms with Gasteiger partial charge in [-0.1, -0.05) is 5.92 Å². The van der Waals surface area contributed by atoms with E-state index in [1.807, 2.05) is 0 Å². The van der Waals surface area contributed by atoms with Gasteiger partial charge in [0, 0.05) is 0 Å². The van der Waals surface area contributed by atoms with Gasteiger partial charge in [-0.2, -0.15) is 0 Å². The van der Waals surface area contributed by atoms with Gasteiger partial charge in [0.25, 0.3) is 0 Å². The molecule has 0 bridgehead atoms. The number of rotatable bonds is 1. The number of carbonyl (C=O) groups is 1. The summed E-state index contributed by atoms with van der Waals surface area (Å²) in [5.41, 5.74) is -1.49. The predicted octanol–water partition coefficient (Wildman–Crippen LogP) is 1.74. The first-order valence-corrected chi connectivity index (χ1v) is 6.34. The van der Waals surface area contributed by atoms with Crippen LogP contribution in [0, 0.1) is 12.3 Å². The van der Waals surface area contributed by atoms with E-state index in [9.17, 15) is 9.90 Å². The first-order valence-electron chi connectivity index (χ1n) is 6.34. The van der Waals surface area contributed by atoms with E-state index >= 15 is 0 Å². The number of hydrogen-bond donors (Lipinski definition) is 1. The van der Waals surface area contributed by atoms with Crippen LogP contribution >= 0.6 is 0 Å². The number of carbonyl (C=O) groups excluding carboxylic acids is 1. The highest BCUT2D eigenvalue weighted by Gasteiger charge is 2.51. The first kappa shape index (κ1) is 15.8. The molecule has 0 aliphatic carbocycles. The molecule has 1 N–H and O–H groups in total. The van der Waals surface area contributed by atoms with Crippen molar-refractivity contribution < 1.29 is 19.4 Å². The topological polar surface area (TPSA) is 59.0 Å². The highest BCUT2D eigenvalue weighted by atomic mass is 16.6. The fourth-order valence-corrected chi connectivity index (χ4v) is 2.30. The molecule has 1 saturated heterocycles. The molecule has 0 aromatic rings. The zero-order valence-corrected chi connectivity index (χ0v) is 12.4. The highest BCUT2D eigenvalue weighted by molar-refractivity contribution is 5.70. The van der Waals surface area contributed by atoms with E-state index in [4.69, 9.17) is 15.9 Å². The van der Waals surface area contributed by atoms with Gasteiger partial charge in [0.1, 0.15) is 23.5 Å². The van der Waals surface area contributed by atoms with Crippen molar-refractivity contribution in [3.8, 4) is 12.3 Å². The lowest BCUT2D eigenvalue weighted by atomic mass is 10.1. The summed E-state index contributed by atoms with van der Waals surface area (Å²) in [5.74, 6) is 2.25. The second-order valence-electron chi connectivity index (χ2n) is 6.22. The van der Waals surface area contributed by atoms with Crippen LogP contribution in [0.5, 0.6) is 0 Å². The van der Waals surface area contributed by atoms with Crippen LogP contribution in [0.2, 0.25) is 0 Å². The van der Waals surface area contributed by atoms with Crippen molar-refractivity contribution in [1.29, 1.82) is 0 Å². The Balaban J connectivity index is 3.04. The van der Waals surface area contributed by atoms with E-state index in [2.05, 4.69) is 5.92 Å². The fourth-order valence-electron chi connectivity index (χ4n) is 2.30. The standard InChI is InChI=1S/C14H23NO4/c1-8-10(16)11-9(2)18-14(6,7)15(11)12(17)19-13(3,4)5/h1,9-11,16H,2-7H3/t9-,10-,11+/m1/s1. The SMILES string of the molecule is C#C[C@@H](O)[C@@H]1[C@@H](C)OC(C)(C)N1C(=O)OC(C)(C)C. The molecule has 1 aliphatic heterocycles. The Morgan fingerprint density at radius 1 is 1.53 bits per heavy atom. The van der Waals surface area contributed by atoms with Crippen LogP contribution in [0.15, 0.2) is 0 Å². The van der Waals surface area contributed by atoms with Crippen molar-refractivity contribution in [2.45, 2.75) is 71.1 Å². The third kappa shape index (κ3) is 3.40. The molecule has 19 heavy (non-hydrogen) atoms. The molecule has 108 valence electrons. The smallest absolute Gasteiger partial charge is 0.413 e. The van der Waals surface area contributed by atoms with E-state index in [1.54, 1.807) is 41.5 Å². The number of aliphatic hydroxyl groups is 1. The first-order chi connectivity index (χ1) is 8.49. The molecule has 1 heterocycles. The molecule has 5 heteroatoms. The third-order valence-electron chi connectivity index (χ3n) is 2.92. The van der Waals surface area contributed by atoms with Crippen molar-refractivity contribution in [3.05, 3.63) is 0 Å². The Hall–Kier alpha value is -1.25. The van der Waals surface area contributed by atoms with Crippen molar-refractivity contribution in [2.24, 2.45) is 0 Å². The molecule has 0 aromatic carbocycles.